The van der Waals surface area contributed by atoms with Crippen LogP contribution in [0.15, 0.2) is 24.3 Å². The molecule has 0 aromatic rings. The first-order chi connectivity index (χ1) is 35.5. The van der Waals surface area contributed by atoms with E-state index < -0.39 is 6.10 Å². The van der Waals surface area contributed by atoms with Crippen molar-refractivity contribution in [1.82, 2.24) is 0 Å². The van der Waals surface area contributed by atoms with E-state index in [2.05, 4.69) is 45.1 Å². The molecule has 6 heteroatoms. The molecule has 0 saturated carbocycles. The maximum absolute atomic E-state index is 12.8. The Morgan fingerprint density at radius 1 is 0.264 bits per heavy atom. The van der Waals surface area contributed by atoms with Crippen molar-refractivity contribution in [3.8, 4) is 0 Å². The van der Waals surface area contributed by atoms with E-state index in [1.807, 2.05) is 0 Å². The Morgan fingerprint density at radius 3 is 0.694 bits per heavy atom. The molecule has 0 aromatic carbocycles. The number of hydrogen-bond acceptors (Lipinski definition) is 6. The lowest BCUT2D eigenvalue weighted by Gasteiger charge is -2.18. The first-order valence-electron chi connectivity index (χ1n) is 32.3. The molecule has 72 heavy (non-hydrogen) atoms. The van der Waals surface area contributed by atoms with Crippen molar-refractivity contribution >= 4 is 17.9 Å². The highest BCUT2D eigenvalue weighted by Gasteiger charge is 2.19. The first-order valence-corrected chi connectivity index (χ1v) is 32.3. The standard InChI is InChI=1S/C66H124O6/c1-4-7-10-13-16-18-20-22-24-25-26-27-28-29-30-31-32-33-34-35-36-37-38-39-40-41-42-44-45-47-50-53-56-59-65(68)71-62-63(61-70-64(67)58-55-52-49-15-12-9-6-3)72-66(69)60-57-54-51-48-46-43-23-21-19-17-14-11-8-5-2/h21,23,25-26,63H,4-20,22,24,27-62H2,1-3H3/b23-21-,26-25-. The number of rotatable bonds is 60. The third-order valence-electron chi connectivity index (χ3n) is 14.7. The molecule has 0 aliphatic carbocycles. The number of hydrogen-bond donors (Lipinski definition) is 0. The van der Waals surface area contributed by atoms with Gasteiger partial charge in [0.25, 0.3) is 0 Å². The van der Waals surface area contributed by atoms with Gasteiger partial charge >= 0.3 is 17.9 Å². The summed E-state index contributed by atoms with van der Waals surface area (Å²) in [6.45, 7) is 6.63. The molecular weight excluding hydrogens is 889 g/mol. The molecule has 0 N–H and O–H groups in total. The van der Waals surface area contributed by atoms with Crippen LogP contribution in [0.4, 0.5) is 0 Å². The second kappa shape index (κ2) is 61.4. The maximum Gasteiger partial charge on any atom is 0.306 e. The molecular formula is C66H124O6. The molecule has 0 heterocycles. The van der Waals surface area contributed by atoms with Gasteiger partial charge in [0.2, 0.25) is 0 Å². The van der Waals surface area contributed by atoms with E-state index >= 15 is 0 Å². The molecule has 1 atom stereocenters. The average molecular weight is 1010 g/mol. The molecule has 0 spiro atoms. The van der Waals surface area contributed by atoms with Crippen LogP contribution in [0.1, 0.15) is 361 Å². The van der Waals surface area contributed by atoms with Gasteiger partial charge in [-0.2, -0.15) is 0 Å². The predicted octanol–water partition coefficient (Wildman–Crippen LogP) is 21.8. The smallest absolute Gasteiger partial charge is 0.306 e. The quantitative estimate of drug-likeness (QED) is 0.0261. The van der Waals surface area contributed by atoms with Crippen LogP contribution in [-0.2, 0) is 28.6 Å². The summed E-state index contributed by atoms with van der Waals surface area (Å²) in [5.74, 6) is -0.865. The lowest BCUT2D eigenvalue weighted by molar-refractivity contribution is -0.167. The maximum atomic E-state index is 12.8. The minimum Gasteiger partial charge on any atom is -0.462 e. The van der Waals surface area contributed by atoms with Gasteiger partial charge in [-0.1, -0.05) is 295 Å². The zero-order valence-corrected chi connectivity index (χ0v) is 48.7. The van der Waals surface area contributed by atoms with Crippen LogP contribution in [0, 0.1) is 0 Å². The second-order valence-electron chi connectivity index (χ2n) is 22.0. The van der Waals surface area contributed by atoms with Crippen LogP contribution in [0.3, 0.4) is 0 Å². The molecule has 6 nitrogen and oxygen atoms in total. The minimum absolute atomic E-state index is 0.0696. The molecule has 1 unspecified atom stereocenters. The van der Waals surface area contributed by atoms with Gasteiger partial charge < -0.3 is 14.2 Å². The predicted molar refractivity (Wildman–Crippen MR) is 312 cm³/mol. The Balaban J connectivity index is 3.92. The Hall–Kier alpha value is -2.11. The molecule has 0 bridgehead atoms. The van der Waals surface area contributed by atoms with Crippen LogP contribution in [0.5, 0.6) is 0 Å². The number of carbonyl (C=O) groups excluding carboxylic acids is 3. The lowest BCUT2D eigenvalue weighted by atomic mass is 10.0. The van der Waals surface area contributed by atoms with Gasteiger partial charge in [0.1, 0.15) is 13.2 Å². The zero-order chi connectivity index (χ0) is 52.2. The lowest BCUT2D eigenvalue weighted by Crippen LogP contribution is -2.30. The number of carbonyl (C=O) groups is 3. The fourth-order valence-corrected chi connectivity index (χ4v) is 9.79. The molecule has 0 rings (SSSR count). The molecule has 0 radical (unpaired) electrons. The molecule has 0 amide bonds. The molecule has 0 saturated heterocycles. The summed E-state index contributed by atoms with van der Waals surface area (Å²) < 4.78 is 16.8. The van der Waals surface area contributed by atoms with Crippen LogP contribution in [0.25, 0.3) is 0 Å². The Kier molecular flexibility index (Phi) is 59.6. The number of allylic oxidation sites excluding steroid dienone is 4. The van der Waals surface area contributed by atoms with E-state index in [1.165, 1.54) is 257 Å². The molecule has 0 aliphatic rings. The van der Waals surface area contributed by atoms with E-state index in [9.17, 15) is 14.4 Å². The highest BCUT2D eigenvalue weighted by Crippen LogP contribution is 2.18. The first kappa shape index (κ1) is 69.9. The summed E-state index contributed by atoms with van der Waals surface area (Å²) in [7, 11) is 0. The van der Waals surface area contributed by atoms with Gasteiger partial charge in [-0.25, -0.2) is 0 Å². The minimum atomic E-state index is -0.769. The summed E-state index contributed by atoms with van der Waals surface area (Å²) >= 11 is 0. The van der Waals surface area contributed by atoms with Crippen LogP contribution >= 0.6 is 0 Å². The summed E-state index contributed by atoms with van der Waals surface area (Å²) in [4.78, 5) is 38.0. The van der Waals surface area contributed by atoms with E-state index in [0.717, 1.165) is 64.2 Å². The van der Waals surface area contributed by atoms with Gasteiger partial charge in [0, 0.05) is 19.3 Å². The van der Waals surface area contributed by atoms with E-state index in [1.54, 1.807) is 0 Å². The number of esters is 3. The van der Waals surface area contributed by atoms with Crippen molar-refractivity contribution < 1.29 is 28.6 Å². The van der Waals surface area contributed by atoms with Gasteiger partial charge in [-0.15, -0.1) is 0 Å². The number of unbranched alkanes of at least 4 members (excludes halogenated alkanes) is 45. The van der Waals surface area contributed by atoms with Crippen molar-refractivity contribution in [1.29, 1.82) is 0 Å². The summed E-state index contributed by atoms with van der Waals surface area (Å²) in [6, 6.07) is 0. The molecule has 0 aliphatic heterocycles. The van der Waals surface area contributed by atoms with Gasteiger partial charge in [-0.05, 0) is 70.6 Å². The van der Waals surface area contributed by atoms with Crippen molar-refractivity contribution in [2.45, 2.75) is 367 Å². The Labute approximate surface area is 449 Å². The summed E-state index contributed by atoms with van der Waals surface area (Å²) in [5.41, 5.74) is 0. The van der Waals surface area contributed by atoms with E-state index in [0.29, 0.717) is 19.3 Å². The molecule has 0 aromatic heterocycles. The second-order valence-corrected chi connectivity index (χ2v) is 22.0. The highest BCUT2D eigenvalue weighted by molar-refractivity contribution is 5.71. The summed E-state index contributed by atoms with van der Waals surface area (Å²) in [5, 5.41) is 0. The zero-order valence-electron chi connectivity index (χ0n) is 48.7. The van der Waals surface area contributed by atoms with Crippen molar-refractivity contribution in [3.05, 3.63) is 24.3 Å². The fourth-order valence-electron chi connectivity index (χ4n) is 9.79. The Morgan fingerprint density at radius 2 is 0.458 bits per heavy atom. The SMILES string of the molecule is CCCCCCC/C=C\CCCCCCCC(=O)OC(COC(=O)CCCCCCCCC)COC(=O)CCCCCCCCCCCCCCCCCCCCCCC/C=C\CCCCCCCCCC. The largest absolute Gasteiger partial charge is 0.462 e. The highest BCUT2D eigenvalue weighted by atomic mass is 16.6. The topological polar surface area (TPSA) is 78.9 Å². The monoisotopic (exact) mass is 1010 g/mol. The van der Waals surface area contributed by atoms with E-state index in [-0.39, 0.29) is 31.1 Å². The normalized spacial score (nSPS) is 12.1. The summed E-state index contributed by atoms with van der Waals surface area (Å²) in [6.07, 6.45) is 73.8. The van der Waals surface area contributed by atoms with Crippen molar-refractivity contribution in [3.63, 3.8) is 0 Å². The average Bonchev–Trinajstić information content (AvgIpc) is 3.38. The van der Waals surface area contributed by atoms with Crippen LogP contribution in [-0.4, -0.2) is 37.2 Å². The van der Waals surface area contributed by atoms with E-state index in [4.69, 9.17) is 14.2 Å². The Bertz CT molecular complexity index is 1160. The van der Waals surface area contributed by atoms with Crippen molar-refractivity contribution in [2.24, 2.45) is 0 Å². The number of ether oxygens (including phenoxy) is 3. The molecule has 424 valence electrons. The molecule has 0 fully saturated rings. The van der Waals surface area contributed by atoms with Crippen molar-refractivity contribution in [2.75, 3.05) is 13.2 Å². The van der Waals surface area contributed by atoms with Gasteiger partial charge in [0.15, 0.2) is 6.10 Å². The third-order valence-corrected chi connectivity index (χ3v) is 14.7. The third kappa shape index (κ3) is 58.8. The van der Waals surface area contributed by atoms with Crippen LogP contribution < -0.4 is 0 Å². The van der Waals surface area contributed by atoms with Gasteiger partial charge in [0.05, 0.1) is 0 Å². The fraction of sp³-hybridized carbons (Fsp3) is 0.894. The van der Waals surface area contributed by atoms with Crippen LogP contribution in [0.2, 0.25) is 0 Å². The van der Waals surface area contributed by atoms with Gasteiger partial charge in [-0.3, -0.25) is 14.4 Å².